The van der Waals surface area contributed by atoms with Gasteiger partial charge in [-0.2, -0.15) is 13.2 Å². The summed E-state index contributed by atoms with van der Waals surface area (Å²) < 4.78 is 38.6. The summed E-state index contributed by atoms with van der Waals surface area (Å²) in [7, 11) is 0. The molecule has 0 saturated carbocycles. The summed E-state index contributed by atoms with van der Waals surface area (Å²) in [5.41, 5.74) is 2.75. The standard InChI is InChI=1S/C37H46F3N3O2/c1-4-5-6-7-28-8-12-31(13-9-28)36(45)43(34-21-24-42(25-22-34)23-20-27(2)3)26-29-10-18-33(19-11-29)41-35(44)30-14-16-32(17-15-30)37(38,39)40/h8-19,27,34H,4-7,20-26H2,1-3H3,(H,41,44). The van der Waals surface area contributed by atoms with Crippen molar-refractivity contribution in [3.05, 3.63) is 101 Å². The summed E-state index contributed by atoms with van der Waals surface area (Å²) in [6.07, 6.45) is 3.08. The molecule has 0 unspecified atom stereocenters. The van der Waals surface area contributed by atoms with Crippen LogP contribution in [-0.2, 0) is 19.1 Å². The fraction of sp³-hybridized carbons (Fsp3) is 0.459. The lowest BCUT2D eigenvalue weighted by atomic mass is 9.99. The van der Waals surface area contributed by atoms with Crippen molar-refractivity contribution in [3.63, 3.8) is 0 Å². The molecule has 3 aromatic rings. The lowest BCUT2D eigenvalue weighted by molar-refractivity contribution is -0.137. The van der Waals surface area contributed by atoms with Gasteiger partial charge in [0, 0.05) is 42.5 Å². The number of carbonyl (C=O) groups is 2. The summed E-state index contributed by atoms with van der Waals surface area (Å²) in [4.78, 5) is 31.1. The number of halogens is 3. The van der Waals surface area contributed by atoms with Gasteiger partial charge >= 0.3 is 6.18 Å². The number of rotatable bonds is 13. The first-order valence-corrected chi connectivity index (χ1v) is 16.2. The predicted molar refractivity (Wildman–Crippen MR) is 174 cm³/mol. The van der Waals surface area contributed by atoms with E-state index in [2.05, 4.69) is 43.1 Å². The minimum atomic E-state index is -4.46. The molecule has 0 aromatic heterocycles. The van der Waals surface area contributed by atoms with Crippen molar-refractivity contribution in [2.45, 2.75) is 84.5 Å². The van der Waals surface area contributed by atoms with Crippen molar-refractivity contribution >= 4 is 17.5 Å². The molecule has 45 heavy (non-hydrogen) atoms. The molecular weight excluding hydrogens is 575 g/mol. The third-order valence-electron chi connectivity index (χ3n) is 8.59. The van der Waals surface area contributed by atoms with E-state index in [-0.39, 0.29) is 17.5 Å². The number of amides is 2. The Hall–Kier alpha value is -3.65. The highest BCUT2D eigenvalue weighted by atomic mass is 19.4. The predicted octanol–water partition coefficient (Wildman–Crippen LogP) is 8.84. The molecule has 0 atom stereocenters. The highest BCUT2D eigenvalue weighted by Gasteiger charge is 2.31. The van der Waals surface area contributed by atoms with Crippen LogP contribution < -0.4 is 5.32 Å². The first-order chi connectivity index (χ1) is 21.5. The number of piperidine rings is 1. The van der Waals surface area contributed by atoms with Crippen molar-refractivity contribution < 1.29 is 22.8 Å². The van der Waals surface area contributed by atoms with Crippen molar-refractivity contribution in [3.8, 4) is 0 Å². The highest BCUT2D eigenvalue weighted by molar-refractivity contribution is 6.04. The largest absolute Gasteiger partial charge is 0.416 e. The van der Waals surface area contributed by atoms with Crippen LogP contribution in [0.4, 0.5) is 18.9 Å². The molecule has 5 nitrogen and oxygen atoms in total. The minimum absolute atomic E-state index is 0.0235. The van der Waals surface area contributed by atoms with E-state index in [9.17, 15) is 22.8 Å². The van der Waals surface area contributed by atoms with Crippen LogP contribution >= 0.6 is 0 Å². The molecule has 4 rings (SSSR count). The molecule has 0 spiro atoms. The van der Waals surface area contributed by atoms with Crippen molar-refractivity contribution in [1.29, 1.82) is 0 Å². The van der Waals surface area contributed by atoms with Crippen molar-refractivity contribution in [1.82, 2.24) is 9.80 Å². The Labute approximate surface area is 265 Å². The minimum Gasteiger partial charge on any atom is -0.331 e. The van der Waals surface area contributed by atoms with Crippen molar-refractivity contribution in [2.75, 3.05) is 25.0 Å². The number of aryl methyl sites for hydroxylation is 1. The van der Waals surface area contributed by atoms with Gasteiger partial charge in [-0.1, -0.05) is 57.9 Å². The lowest BCUT2D eigenvalue weighted by Gasteiger charge is -2.39. The fourth-order valence-electron chi connectivity index (χ4n) is 5.73. The van der Waals surface area contributed by atoms with Gasteiger partial charge in [-0.05, 0) is 104 Å². The Kier molecular flexibility index (Phi) is 12.2. The molecule has 8 heteroatoms. The third kappa shape index (κ3) is 10.2. The van der Waals surface area contributed by atoms with Crippen LogP contribution in [0.25, 0.3) is 0 Å². The zero-order valence-corrected chi connectivity index (χ0v) is 26.7. The van der Waals surface area contributed by atoms with Gasteiger partial charge in [-0.3, -0.25) is 9.59 Å². The van der Waals surface area contributed by atoms with Gasteiger partial charge in [0.2, 0.25) is 0 Å². The molecule has 1 aliphatic heterocycles. The van der Waals surface area contributed by atoms with E-state index in [1.54, 1.807) is 12.1 Å². The molecule has 1 heterocycles. The number of hydrogen-bond donors (Lipinski definition) is 1. The van der Waals surface area contributed by atoms with Crippen LogP contribution in [0, 0.1) is 5.92 Å². The molecule has 0 bridgehead atoms. The van der Waals surface area contributed by atoms with E-state index in [0.29, 0.717) is 23.7 Å². The van der Waals surface area contributed by atoms with E-state index in [4.69, 9.17) is 0 Å². The van der Waals surface area contributed by atoms with Gasteiger partial charge in [-0.25, -0.2) is 0 Å². The zero-order chi connectivity index (χ0) is 32.4. The molecule has 1 fully saturated rings. The molecule has 1 saturated heterocycles. The average molecular weight is 622 g/mol. The SMILES string of the molecule is CCCCCc1ccc(C(=O)N(Cc2ccc(NC(=O)c3ccc(C(F)(F)F)cc3)cc2)C2CCN(CCC(C)C)CC2)cc1. The Morgan fingerprint density at radius 1 is 0.867 bits per heavy atom. The van der Waals surface area contributed by atoms with Gasteiger partial charge in [0.25, 0.3) is 11.8 Å². The first kappa shape index (κ1) is 34.2. The Balaban J connectivity index is 1.44. The summed E-state index contributed by atoms with van der Waals surface area (Å²) in [6, 6.07) is 19.6. The van der Waals surface area contributed by atoms with E-state index in [1.807, 2.05) is 29.2 Å². The van der Waals surface area contributed by atoms with E-state index in [0.717, 1.165) is 63.0 Å². The topological polar surface area (TPSA) is 52.7 Å². The van der Waals surface area contributed by atoms with E-state index in [1.165, 1.54) is 37.0 Å². The smallest absolute Gasteiger partial charge is 0.331 e. The van der Waals surface area contributed by atoms with E-state index < -0.39 is 17.6 Å². The molecule has 1 aliphatic rings. The number of hydrogen-bond acceptors (Lipinski definition) is 3. The number of unbranched alkanes of at least 4 members (excludes halogenated alkanes) is 2. The molecule has 1 N–H and O–H groups in total. The van der Waals surface area contributed by atoms with Gasteiger partial charge in [0.1, 0.15) is 0 Å². The average Bonchev–Trinajstić information content (AvgIpc) is 3.03. The third-order valence-corrected chi connectivity index (χ3v) is 8.59. The van der Waals surface area contributed by atoms with Crippen molar-refractivity contribution in [2.24, 2.45) is 5.92 Å². The van der Waals surface area contributed by atoms with Crippen LogP contribution in [0.5, 0.6) is 0 Å². The second kappa shape index (κ2) is 16.1. The van der Waals surface area contributed by atoms with Gasteiger partial charge in [0.05, 0.1) is 5.56 Å². The van der Waals surface area contributed by atoms with Crippen LogP contribution in [0.15, 0.2) is 72.8 Å². The number of alkyl halides is 3. The van der Waals surface area contributed by atoms with Crippen LogP contribution in [0.3, 0.4) is 0 Å². The summed E-state index contributed by atoms with van der Waals surface area (Å²) in [5, 5.41) is 2.75. The van der Waals surface area contributed by atoms with Crippen LogP contribution in [-0.4, -0.2) is 47.3 Å². The summed E-state index contributed by atoms with van der Waals surface area (Å²) in [5.74, 6) is 0.194. The second-order valence-electron chi connectivity index (χ2n) is 12.6. The number of nitrogens with one attached hydrogen (secondary N) is 1. The summed E-state index contributed by atoms with van der Waals surface area (Å²) >= 11 is 0. The van der Waals surface area contributed by atoms with Gasteiger partial charge in [-0.15, -0.1) is 0 Å². The number of nitrogens with zero attached hydrogens (tertiary/aromatic N) is 2. The normalized spacial score (nSPS) is 14.5. The molecule has 2 amide bonds. The molecular formula is C37H46F3N3O2. The maximum Gasteiger partial charge on any atom is 0.416 e. The van der Waals surface area contributed by atoms with E-state index >= 15 is 0 Å². The second-order valence-corrected chi connectivity index (χ2v) is 12.6. The Bertz CT molecular complexity index is 1360. The summed E-state index contributed by atoms with van der Waals surface area (Å²) in [6.45, 7) is 10.1. The molecule has 0 aliphatic carbocycles. The number of likely N-dealkylation sites (tertiary alicyclic amines) is 1. The first-order valence-electron chi connectivity index (χ1n) is 16.2. The fourth-order valence-corrected chi connectivity index (χ4v) is 5.73. The Morgan fingerprint density at radius 2 is 1.47 bits per heavy atom. The molecule has 0 radical (unpaired) electrons. The highest BCUT2D eigenvalue weighted by Crippen LogP contribution is 2.29. The molecule has 242 valence electrons. The van der Waals surface area contributed by atoms with Gasteiger partial charge < -0.3 is 15.1 Å². The lowest BCUT2D eigenvalue weighted by Crippen LogP contribution is -2.47. The van der Waals surface area contributed by atoms with Crippen LogP contribution in [0.1, 0.15) is 96.7 Å². The maximum atomic E-state index is 14.0. The van der Waals surface area contributed by atoms with Gasteiger partial charge in [0.15, 0.2) is 0 Å². The zero-order valence-electron chi connectivity index (χ0n) is 26.7. The Morgan fingerprint density at radius 3 is 2.04 bits per heavy atom. The van der Waals surface area contributed by atoms with Crippen LogP contribution in [0.2, 0.25) is 0 Å². The monoisotopic (exact) mass is 621 g/mol. The quantitative estimate of drug-likeness (QED) is 0.194. The number of anilines is 1. The number of carbonyl (C=O) groups excluding carboxylic acids is 2. The number of benzene rings is 3. The molecule has 3 aromatic carbocycles. The maximum absolute atomic E-state index is 14.0.